The maximum Gasteiger partial charge on any atom is 0.158 e. The third-order valence-corrected chi connectivity index (χ3v) is 3.14. The molecule has 0 aliphatic heterocycles. The number of hydrogen-bond acceptors (Lipinski definition) is 1. The summed E-state index contributed by atoms with van der Waals surface area (Å²) in [5, 5.41) is 0. The number of allylic oxidation sites excluding steroid dienone is 2. The van der Waals surface area contributed by atoms with Gasteiger partial charge in [0.1, 0.15) is 0 Å². The fourth-order valence-electron chi connectivity index (χ4n) is 2.38. The molecule has 0 saturated heterocycles. The summed E-state index contributed by atoms with van der Waals surface area (Å²) in [6.07, 6.45) is 8.58. The summed E-state index contributed by atoms with van der Waals surface area (Å²) >= 11 is 0. The molecule has 0 aromatic heterocycles. The lowest BCUT2D eigenvalue weighted by atomic mass is 9.89. The summed E-state index contributed by atoms with van der Waals surface area (Å²) in [4.78, 5) is 11.6. The highest BCUT2D eigenvalue weighted by atomic mass is 16.1. The quantitative estimate of drug-likeness (QED) is 0.664. The Hall–Kier alpha value is -0.590. The fourth-order valence-corrected chi connectivity index (χ4v) is 2.38. The van der Waals surface area contributed by atoms with Crippen LogP contribution < -0.4 is 0 Å². The average molecular weight is 208 g/mol. The van der Waals surface area contributed by atoms with E-state index >= 15 is 0 Å². The second kappa shape index (κ2) is 6.09. The van der Waals surface area contributed by atoms with Crippen LogP contribution in [0, 0.1) is 11.8 Å². The van der Waals surface area contributed by atoms with E-state index in [-0.39, 0.29) is 0 Å². The molecule has 0 aromatic carbocycles. The smallest absolute Gasteiger partial charge is 0.158 e. The van der Waals surface area contributed by atoms with Crippen LogP contribution in [-0.4, -0.2) is 5.78 Å². The second-order valence-electron chi connectivity index (χ2n) is 5.32. The van der Waals surface area contributed by atoms with Crippen LogP contribution in [0.4, 0.5) is 0 Å². The van der Waals surface area contributed by atoms with Gasteiger partial charge >= 0.3 is 0 Å². The van der Waals surface area contributed by atoms with Crippen LogP contribution in [0.1, 0.15) is 59.3 Å². The molecular weight excluding hydrogens is 184 g/mol. The highest BCUT2D eigenvalue weighted by molar-refractivity contribution is 5.95. The molecule has 1 rings (SSSR count). The lowest BCUT2D eigenvalue weighted by molar-refractivity contribution is -0.116. The summed E-state index contributed by atoms with van der Waals surface area (Å²) in [7, 11) is 0. The van der Waals surface area contributed by atoms with E-state index in [4.69, 9.17) is 0 Å². The number of carbonyl (C=O) groups excluding carboxylic acids is 1. The Labute approximate surface area is 93.9 Å². The van der Waals surface area contributed by atoms with E-state index in [0.29, 0.717) is 5.78 Å². The number of ketones is 1. The van der Waals surface area contributed by atoms with Gasteiger partial charge in [-0.15, -0.1) is 0 Å². The Kier molecular flexibility index (Phi) is 5.07. The summed E-state index contributed by atoms with van der Waals surface area (Å²) in [6, 6.07) is 0. The molecule has 0 amide bonds. The van der Waals surface area contributed by atoms with E-state index in [1.54, 1.807) is 0 Å². The molecule has 1 nitrogen and oxygen atoms in total. The van der Waals surface area contributed by atoms with E-state index in [1.165, 1.54) is 12.8 Å². The molecule has 0 aromatic rings. The Balaban J connectivity index is 2.29. The van der Waals surface area contributed by atoms with Crippen molar-refractivity contribution >= 4 is 5.78 Å². The maximum absolute atomic E-state index is 11.6. The zero-order valence-corrected chi connectivity index (χ0v) is 10.4. The van der Waals surface area contributed by atoms with E-state index in [0.717, 1.165) is 43.1 Å². The molecule has 0 N–H and O–H groups in total. The van der Waals surface area contributed by atoms with Crippen LogP contribution in [0.25, 0.3) is 0 Å². The van der Waals surface area contributed by atoms with Crippen molar-refractivity contribution in [3.05, 3.63) is 11.6 Å². The molecule has 0 saturated carbocycles. The molecule has 1 heteroatoms. The van der Waals surface area contributed by atoms with Gasteiger partial charge in [-0.2, -0.15) is 0 Å². The van der Waals surface area contributed by atoms with Crippen LogP contribution >= 0.6 is 0 Å². The average Bonchev–Trinajstić information content (AvgIpc) is 2.15. The van der Waals surface area contributed by atoms with Crippen LogP contribution in [0.15, 0.2) is 11.6 Å². The van der Waals surface area contributed by atoms with Crippen LogP contribution in [-0.2, 0) is 4.79 Å². The predicted molar refractivity (Wildman–Crippen MR) is 64.8 cm³/mol. The van der Waals surface area contributed by atoms with Crippen molar-refractivity contribution in [2.45, 2.75) is 59.3 Å². The van der Waals surface area contributed by atoms with Gasteiger partial charge in [0.25, 0.3) is 0 Å². The highest BCUT2D eigenvalue weighted by Gasteiger charge is 2.14. The first-order valence-electron chi connectivity index (χ1n) is 6.31. The molecule has 0 spiro atoms. The molecule has 1 aliphatic rings. The minimum atomic E-state index is 0.401. The number of Topliss-reactive ketones (excluding diaryl/α,β-unsaturated/α-hetero) is 1. The van der Waals surface area contributed by atoms with Gasteiger partial charge in [0.05, 0.1) is 0 Å². The topological polar surface area (TPSA) is 17.1 Å². The van der Waals surface area contributed by atoms with Gasteiger partial charge in [0.2, 0.25) is 0 Å². The Morgan fingerprint density at radius 1 is 1.33 bits per heavy atom. The zero-order chi connectivity index (χ0) is 11.3. The molecular formula is C14H24O. The number of carbonyl (C=O) groups is 1. The number of rotatable bonds is 5. The Morgan fingerprint density at radius 2 is 2.07 bits per heavy atom. The number of hydrogen-bond donors (Lipinski definition) is 0. The van der Waals surface area contributed by atoms with Gasteiger partial charge in [-0.3, -0.25) is 4.79 Å². The molecule has 15 heavy (non-hydrogen) atoms. The van der Waals surface area contributed by atoms with Gasteiger partial charge in [0, 0.05) is 6.42 Å². The van der Waals surface area contributed by atoms with E-state index in [2.05, 4.69) is 26.8 Å². The minimum absolute atomic E-state index is 0.401. The van der Waals surface area contributed by atoms with Gasteiger partial charge in [0.15, 0.2) is 5.78 Å². The SMILES string of the molecule is CC(C)CC(C)CCC1=CCCCC1=O. The third-order valence-electron chi connectivity index (χ3n) is 3.14. The molecule has 1 atom stereocenters. The highest BCUT2D eigenvalue weighted by Crippen LogP contribution is 2.23. The van der Waals surface area contributed by atoms with E-state index in [1.807, 2.05) is 0 Å². The van der Waals surface area contributed by atoms with Crippen molar-refractivity contribution in [3.8, 4) is 0 Å². The largest absolute Gasteiger partial charge is 0.295 e. The summed E-state index contributed by atoms with van der Waals surface area (Å²) in [5.41, 5.74) is 1.11. The van der Waals surface area contributed by atoms with Gasteiger partial charge in [-0.05, 0) is 49.5 Å². The zero-order valence-electron chi connectivity index (χ0n) is 10.4. The summed E-state index contributed by atoms with van der Waals surface area (Å²) in [5.74, 6) is 1.93. The second-order valence-corrected chi connectivity index (χ2v) is 5.32. The first-order chi connectivity index (χ1) is 7.09. The first kappa shape index (κ1) is 12.5. The minimum Gasteiger partial charge on any atom is -0.295 e. The lowest BCUT2D eigenvalue weighted by Gasteiger charge is -2.16. The third kappa shape index (κ3) is 4.63. The predicted octanol–water partition coefficient (Wildman–Crippen LogP) is 4.13. The van der Waals surface area contributed by atoms with Gasteiger partial charge in [-0.25, -0.2) is 0 Å². The molecule has 0 heterocycles. The first-order valence-corrected chi connectivity index (χ1v) is 6.31. The monoisotopic (exact) mass is 208 g/mol. The standard InChI is InChI=1S/C14H24O/c1-11(2)10-12(3)8-9-13-6-4-5-7-14(13)15/h6,11-12H,4-5,7-10H2,1-3H3. The lowest BCUT2D eigenvalue weighted by Crippen LogP contribution is -2.09. The van der Waals surface area contributed by atoms with E-state index in [9.17, 15) is 4.79 Å². The van der Waals surface area contributed by atoms with Crippen molar-refractivity contribution in [1.29, 1.82) is 0 Å². The molecule has 0 radical (unpaired) electrons. The van der Waals surface area contributed by atoms with Gasteiger partial charge in [-0.1, -0.05) is 26.8 Å². The van der Waals surface area contributed by atoms with Gasteiger partial charge < -0.3 is 0 Å². The Morgan fingerprint density at radius 3 is 2.67 bits per heavy atom. The van der Waals surface area contributed by atoms with Crippen molar-refractivity contribution in [3.63, 3.8) is 0 Å². The molecule has 1 aliphatic carbocycles. The summed E-state index contributed by atoms with van der Waals surface area (Å²) < 4.78 is 0. The normalized spacial score (nSPS) is 19.2. The fraction of sp³-hybridized carbons (Fsp3) is 0.786. The molecule has 86 valence electrons. The van der Waals surface area contributed by atoms with Crippen molar-refractivity contribution in [2.24, 2.45) is 11.8 Å². The molecule has 0 fully saturated rings. The summed E-state index contributed by atoms with van der Waals surface area (Å²) in [6.45, 7) is 6.83. The van der Waals surface area contributed by atoms with Crippen molar-refractivity contribution in [1.82, 2.24) is 0 Å². The maximum atomic E-state index is 11.6. The van der Waals surface area contributed by atoms with Crippen LogP contribution in [0.5, 0.6) is 0 Å². The molecule has 1 unspecified atom stereocenters. The molecule has 0 bridgehead atoms. The van der Waals surface area contributed by atoms with Crippen molar-refractivity contribution < 1.29 is 4.79 Å². The van der Waals surface area contributed by atoms with Crippen LogP contribution in [0.3, 0.4) is 0 Å². The van der Waals surface area contributed by atoms with Crippen molar-refractivity contribution in [2.75, 3.05) is 0 Å². The van der Waals surface area contributed by atoms with E-state index < -0.39 is 0 Å². The Bertz CT molecular complexity index is 238. The van der Waals surface area contributed by atoms with Crippen LogP contribution in [0.2, 0.25) is 0 Å².